The molecule has 2 aliphatic rings. The smallest absolute Gasteiger partial charge is 0.338 e. The number of carbonyl (C=O) groups is 2. The van der Waals surface area contributed by atoms with Crippen LogP contribution in [0.4, 0.5) is 11.4 Å². The van der Waals surface area contributed by atoms with E-state index in [2.05, 4.69) is 4.99 Å². The molecule has 10 nitrogen and oxygen atoms in total. The number of carbonyl (C=O) groups excluding carboxylic acids is 2. The molecule has 0 spiro atoms. The highest BCUT2D eigenvalue weighted by atomic mass is 32.1. The molecule has 0 aliphatic carbocycles. The van der Waals surface area contributed by atoms with Crippen LogP contribution < -0.4 is 19.8 Å². The minimum absolute atomic E-state index is 0.102. The molecule has 11 heteroatoms. The van der Waals surface area contributed by atoms with Crippen molar-refractivity contribution in [2.24, 2.45) is 4.99 Å². The SMILES string of the molecule is CCCN1C(=O)/C(=c2\sc3n(c2=O)C(c2cccc([N+](=O)[O-])c2)C(C(=O)OCC)=C(C)N=3)c2ccccc21. The molecular weight excluding hydrogens is 508 g/mol. The molecule has 0 N–H and O–H groups in total. The van der Waals surface area contributed by atoms with Crippen LogP contribution in [0.1, 0.15) is 44.4 Å². The summed E-state index contributed by atoms with van der Waals surface area (Å²) in [6.45, 7) is 5.87. The second-order valence-corrected chi connectivity index (χ2v) is 9.80. The van der Waals surface area contributed by atoms with Gasteiger partial charge < -0.3 is 9.64 Å². The molecule has 1 unspecified atom stereocenters. The Labute approximate surface area is 221 Å². The van der Waals surface area contributed by atoms with Gasteiger partial charge in [0, 0.05) is 24.2 Å². The third kappa shape index (κ3) is 3.95. The van der Waals surface area contributed by atoms with E-state index in [-0.39, 0.29) is 33.9 Å². The second kappa shape index (κ2) is 9.82. The van der Waals surface area contributed by atoms with Gasteiger partial charge in [-0.1, -0.05) is 48.6 Å². The Morgan fingerprint density at radius 3 is 2.63 bits per heavy atom. The highest BCUT2D eigenvalue weighted by Crippen LogP contribution is 2.36. The van der Waals surface area contributed by atoms with E-state index in [1.807, 2.05) is 31.2 Å². The molecule has 194 valence electrons. The van der Waals surface area contributed by atoms with Gasteiger partial charge in [-0.25, -0.2) is 9.79 Å². The third-order valence-electron chi connectivity index (χ3n) is 6.49. The van der Waals surface area contributed by atoms with Crippen molar-refractivity contribution in [2.75, 3.05) is 18.1 Å². The highest BCUT2D eigenvalue weighted by molar-refractivity contribution is 7.07. The predicted molar refractivity (Wildman–Crippen MR) is 142 cm³/mol. The molecule has 0 saturated heterocycles. The molecule has 1 aromatic heterocycles. The number of benzene rings is 2. The number of esters is 1. The van der Waals surface area contributed by atoms with E-state index in [9.17, 15) is 24.5 Å². The summed E-state index contributed by atoms with van der Waals surface area (Å²) >= 11 is 1.07. The lowest BCUT2D eigenvalue weighted by atomic mass is 9.95. The quantitative estimate of drug-likeness (QED) is 0.273. The Morgan fingerprint density at radius 1 is 1.16 bits per heavy atom. The summed E-state index contributed by atoms with van der Waals surface area (Å²) in [5.41, 5.74) is 1.81. The van der Waals surface area contributed by atoms with Crippen LogP contribution in [0.2, 0.25) is 0 Å². The normalized spacial score (nSPS) is 17.7. The number of aromatic nitrogens is 1. The van der Waals surface area contributed by atoms with Crippen LogP contribution in [0.5, 0.6) is 0 Å². The molecule has 0 fully saturated rings. The summed E-state index contributed by atoms with van der Waals surface area (Å²) in [7, 11) is 0. The Morgan fingerprint density at radius 2 is 1.92 bits per heavy atom. The average Bonchev–Trinajstić information content (AvgIpc) is 3.36. The number of hydrogen-bond donors (Lipinski definition) is 0. The van der Waals surface area contributed by atoms with Gasteiger partial charge in [0.05, 0.1) is 40.1 Å². The molecule has 0 saturated carbocycles. The fourth-order valence-corrected chi connectivity index (χ4v) is 6.05. The summed E-state index contributed by atoms with van der Waals surface area (Å²) in [5, 5.41) is 11.5. The summed E-state index contributed by atoms with van der Waals surface area (Å²) in [6, 6.07) is 12.1. The minimum Gasteiger partial charge on any atom is -0.463 e. The molecule has 0 bridgehead atoms. The van der Waals surface area contributed by atoms with Gasteiger partial charge in [0.15, 0.2) is 4.80 Å². The number of anilines is 1. The number of nitro groups is 1. The van der Waals surface area contributed by atoms with Crippen molar-refractivity contribution >= 4 is 40.2 Å². The number of fused-ring (bicyclic) bond motifs is 2. The summed E-state index contributed by atoms with van der Waals surface area (Å²) < 4.78 is 6.82. The van der Waals surface area contributed by atoms with Crippen LogP contribution >= 0.6 is 11.3 Å². The largest absolute Gasteiger partial charge is 0.463 e. The Bertz CT molecular complexity index is 1720. The third-order valence-corrected chi connectivity index (χ3v) is 7.54. The maximum Gasteiger partial charge on any atom is 0.338 e. The summed E-state index contributed by atoms with van der Waals surface area (Å²) in [5.74, 6) is -0.939. The van der Waals surface area contributed by atoms with E-state index in [1.165, 1.54) is 22.8 Å². The van der Waals surface area contributed by atoms with Crippen molar-refractivity contribution in [3.8, 4) is 0 Å². The standard InChI is InChI=1S/C27H24N4O6S/c1-4-13-29-19-12-7-6-11-18(19)21(24(29)32)23-25(33)30-22(16-9-8-10-17(14-16)31(35)36)20(26(34)37-5-2)15(3)28-27(30)38-23/h6-12,14,22H,4-5,13H2,1-3H3/b23-21-. The van der Waals surface area contributed by atoms with Crippen LogP contribution in [-0.4, -0.2) is 34.5 Å². The lowest BCUT2D eigenvalue weighted by Gasteiger charge is -2.24. The van der Waals surface area contributed by atoms with Crippen molar-refractivity contribution in [1.82, 2.24) is 4.57 Å². The lowest BCUT2D eigenvalue weighted by Crippen LogP contribution is -2.41. The number of allylic oxidation sites excluding steroid dienone is 1. The molecule has 1 amide bonds. The first-order chi connectivity index (χ1) is 18.3. The zero-order valence-corrected chi connectivity index (χ0v) is 21.8. The molecule has 38 heavy (non-hydrogen) atoms. The molecular formula is C27H24N4O6S. The molecule has 5 rings (SSSR count). The van der Waals surface area contributed by atoms with Gasteiger partial charge in [0.2, 0.25) is 0 Å². The van der Waals surface area contributed by atoms with Crippen LogP contribution in [-0.2, 0) is 14.3 Å². The van der Waals surface area contributed by atoms with Crippen LogP contribution in [0, 0.1) is 10.1 Å². The van der Waals surface area contributed by atoms with E-state index in [0.717, 1.165) is 23.4 Å². The lowest BCUT2D eigenvalue weighted by molar-refractivity contribution is -0.384. The molecule has 1 atom stereocenters. The van der Waals surface area contributed by atoms with E-state index in [0.29, 0.717) is 28.2 Å². The first-order valence-electron chi connectivity index (χ1n) is 12.2. The van der Waals surface area contributed by atoms with Crippen molar-refractivity contribution < 1.29 is 19.2 Å². The average molecular weight is 533 g/mol. The number of non-ortho nitro benzene ring substituents is 1. The van der Waals surface area contributed by atoms with Gasteiger partial charge in [-0.15, -0.1) is 0 Å². The van der Waals surface area contributed by atoms with Gasteiger partial charge in [-0.3, -0.25) is 24.3 Å². The van der Waals surface area contributed by atoms with Gasteiger partial charge in [0.25, 0.3) is 17.2 Å². The van der Waals surface area contributed by atoms with Gasteiger partial charge in [-0.05, 0) is 31.9 Å². The van der Waals surface area contributed by atoms with Crippen molar-refractivity contribution in [3.05, 3.63) is 101 Å². The first-order valence-corrected chi connectivity index (χ1v) is 13.0. The fourth-order valence-electron chi connectivity index (χ4n) is 4.91. The molecule has 3 aromatic rings. The number of para-hydroxylation sites is 1. The zero-order chi connectivity index (χ0) is 27.1. The van der Waals surface area contributed by atoms with Crippen molar-refractivity contribution in [2.45, 2.75) is 33.2 Å². The van der Waals surface area contributed by atoms with Gasteiger partial charge in [-0.2, -0.15) is 0 Å². The van der Waals surface area contributed by atoms with E-state index in [1.54, 1.807) is 24.8 Å². The van der Waals surface area contributed by atoms with Crippen molar-refractivity contribution in [1.29, 1.82) is 0 Å². The number of ether oxygens (including phenoxy) is 1. The highest BCUT2D eigenvalue weighted by Gasteiger charge is 2.37. The van der Waals surface area contributed by atoms with E-state index >= 15 is 0 Å². The Kier molecular flexibility index (Phi) is 6.53. The Balaban J connectivity index is 1.82. The number of nitrogens with zero attached hydrogens (tertiary/aromatic N) is 4. The molecule has 2 aliphatic heterocycles. The molecule has 0 radical (unpaired) electrons. The molecule has 3 heterocycles. The number of thiazole rings is 1. The van der Waals surface area contributed by atoms with Gasteiger partial charge >= 0.3 is 5.97 Å². The first kappa shape index (κ1) is 25.3. The fraction of sp³-hybridized carbons (Fsp3) is 0.259. The second-order valence-electron chi connectivity index (χ2n) is 8.82. The summed E-state index contributed by atoms with van der Waals surface area (Å²) in [6.07, 6.45) is 0.740. The van der Waals surface area contributed by atoms with E-state index < -0.39 is 22.5 Å². The predicted octanol–water partition coefficient (Wildman–Crippen LogP) is 2.83. The molecule has 2 aromatic carbocycles. The number of hydrogen-bond acceptors (Lipinski definition) is 8. The van der Waals surface area contributed by atoms with Crippen LogP contribution in [0.15, 0.2) is 69.6 Å². The zero-order valence-electron chi connectivity index (χ0n) is 21.0. The topological polar surface area (TPSA) is 124 Å². The Hall–Kier alpha value is -4.38. The number of nitro benzene ring substituents is 1. The maximum absolute atomic E-state index is 14.1. The monoisotopic (exact) mass is 532 g/mol. The number of rotatable bonds is 6. The summed E-state index contributed by atoms with van der Waals surface area (Å²) in [4.78, 5) is 58.2. The van der Waals surface area contributed by atoms with Crippen LogP contribution in [0.25, 0.3) is 5.57 Å². The minimum atomic E-state index is -1.02. The maximum atomic E-state index is 14.1. The van der Waals surface area contributed by atoms with E-state index in [4.69, 9.17) is 4.74 Å². The number of amides is 1. The van der Waals surface area contributed by atoms with Crippen LogP contribution in [0.3, 0.4) is 0 Å². The van der Waals surface area contributed by atoms with Gasteiger partial charge in [0.1, 0.15) is 4.53 Å². The van der Waals surface area contributed by atoms with Crippen molar-refractivity contribution in [3.63, 3.8) is 0 Å².